The lowest BCUT2D eigenvalue weighted by atomic mass is 9.92. The van der Waals surface area contributed by atoms with Gasteiger partial charge in [-0.2, -0.15) is 0 Å². The lowest BCUT2D eigenvalue weighted by molar-refractivity contribution is -0.230. The van der Waals surface area contributed by atoms with Crippen molar-refractivity contribution in [1.82, 2.24) is 0 Å². The molecule has 0 unspecified atom stereocenters. The lowest BCUT2D eigenvalue weighted by Gasteiger charge is -2.35. The molecule has 0 bridgehead atoms. The molecule has 2 fully saturated rings. The summed E-state index contributed by atoms with van der Waals surface area (Å²) in [5, 5.41) is 0. The van der Waals surface area contributed by atoms with Crippen LogP contribution < -0.4 is 5.73 Å². The number of hydrogen-bond donors (Lipinski definition) is 1. The van der Waals surface area contributed by atoms with E-state index in [2.05, 4.69) is 0 Å². The zero-order valence-electron chi connectivity index (χ0n) is 8.75. The van der Waals surface area contributed by atoms with Gasteiger partial charge in [-0.1, -0.05) is 0 Å². The van der Waals surface area contributed by atoms with Gasteiger partial charge in [0.2, 0.25) is 0 Å². The van der Waals surface area contributed by atoms with Crippen molar-refractivity contribution in [3.63, 3.8) is 0 Å². The lowest BCUT2D eigenvalue weighted by Crippen LogP contribution is -2.55. The Kier molecular flexibility index (Phi) is 2.79. The molecule has 1 saturated heterocycles. The summed E-state index contributed by atoms with van der Waals surface area (Å²) in [6, 6.07) is 0. The molecule has 1 aliphatic carbocycles. The van der Waals surface area contributed by atoms with Crippen LogP contribution in [0.1, 0.15) is 25.7 Å². The first-order valence-corrected chi connectivity index (χ1v) is 5.28. The molecule has 1 saturated carbocycles. The van der Waals surface area contributed by atoms with Crippen molar-refractivity contribution >= 4 is 0 Å². The van der Waals surface area contributed by atoms with Crippen LogP contribution in [0.15, 0.2) is 0 Å². The minimum absolute atomic E-state index is 0.249. The molecule has 1 heterocycles. The molecular formula is C10H19NO3. The third kappa shape index (κ3) is 1.46. The van der Waals surface area contributed by atoms with Gasteiger partial charge in [-0.3, -0.25) is 0 Å². The Morgan fingerprint density at radius 1 is 1.29 bits per heavy atom. The standard InChI is InChI=1S/C10H19NO3/c1-12-7-8-14-10-4-2-3-9(10,11)5-6-13-10/h2-8,11H2,1H3/t9-,10-/m0/s1. The van der Waals surface area contributed by atoms with Crippen LogP contribution in [-0.4, -0.2) is 38.3 Å². The fourth-order valence-corrected chi connectivity index (χ4v) is 2.55. The summed E-state index contributed by atoms with van der Waals surface area (Å²) in [7, 11) is 1.67. The molecule has 4 heteroatoms. The van der Waals surface area contributed by atoms with Crippen LogP contribution in [0.5, 0.6) is 0 Å². The van der Waals surface area contributed by atoms with Crippen LogP contribution in [0.3, 0.4) is 0 Å². The van der Waals surface area contributed by atoms with Gasteiger partial charge < -0.3 is 19.9 Å². The maximum atomic E-state index is 6.29. The maximum Gasteiger partial charge on any atom is 0.186 e. The van der Waals surface area contributed by atoms with E-state index in [1.165, 1.54) is 0 Å². The van der Waals surface area contributed by atoms with Gasteiger partial charge in [0, 0.05) is 13.5 Å². The Morgan fingerprint density at radius 2 is 2.14 bits per heavy atom. The van der Waals surface area contributed by atoms with E-state index in [1.807, 2.05) is 0 Å². The average molecular weight is 201 g/mol. The van der Waals surface area contributed by atoms with E-state index in [-0.39, 0.29) is 5.54 Å². The Balaban J connectivity index is 1.98. The quantitative estimate of drug-likeness (QED) is 0.678. The first-order valence-electron chi connectivity index (χ1n) is 5.28. The van der Waals surface area contributed by atoms with Crippen molar-refractivity contribution in [2.45, 2.75) is 37.0 Å². The number of fused-ring (bicyclic) bond motifs is 1. The zero-order chi connectivity index (χ0) is 10.1. The van der Waals surface area contributed by atoms with E-state index >= 15 is 0 Å². The Labute approximate surface area is 84.7 Å². The predicted octanol–water partition coefficient (Wildman–Crippen LogP) is 0.647. The first kappa shape index (κ1) is 10.4. The number of ether oxygens (including phenoxy) is 3. The SMILES string of the molecule is COCCO[C@@]12CCC[C@]1(N)CCO2. The van der Waals surface area contributed by atoms with Gasteiger partial charge in [-0.15, -0.1) is 0 Å². The summed E-state index contributed by atoms with van der Waals surface area (Å²) in [4.78, 5) is 0. The van der Waals surface area contributed by atoms with Gasteiger partial charge in [-0.25, -0.2) is 0 Å². The monoisotopic (exact) mass is 201 g/mol. The van der Waals surface area contributed by atoms with Crippen LogP contribution in [0.2, 0.25) is 0 Å². The molecule has 2 aliphatic rings. The highest BCUT2D eigenvalue weighted by molar-refractivity contribution is 5.07. The van der Waals surface area contributed by atoms with Crippen LogP contribution in [-0.2, 0) is 14.2 Å². The summed E-state index contributed by atoms with van der Waals surface area (Å²) in [5.41, 5.74) is 6.04. The molecular weight excluding hydrogens is 182 g/mol. The van der Waals surface area contributed by atoms with E-state index in [0.717, 1.165) is 32.3 Å². The average Bonchev–Trinajstić information content (AvgIpc) is 2.58. The van der Waals surface area contributed by atoms with Gasteiger partial charge in [0.1, 0.15) is 0 Å². The molecule has 0 aromatic heterocycles. The highest BCUT2D eigenvalue weighted by Crippen LogP contribution is 2.47. The molecule has 0 aromatic rings. The van der Waals surface area contributed by atoms with Gasteiger partial charge in [0.05, 0.1) is 25.4 Å². The largest absolute Gasteiger partial charge is 0.382 e. The van der Waals surface area contributed by atoms with Gasteiger partial charge >= 0.3 is 0 Å². The van der Waals surface area contributed by atoms with Crippen molar-refractivity contribution < 1.29 is 14.2 Å². The smallest absolute Gasteiger partial charge is 0.186 e. The van der Waals surface area contributed by atoms with Crippen molar-refractivity contribution in [3.8, 4) is 0 Å². The first-order chi connectivity index (χ1) is 6.72. The minimum atomic E-state index is -0.508. The van der Waals surface area contributed by atoms with E-state index in [1.54, 1.807) is 7.11 Å². The fourth-order valence-electron chi connectivity index (χ4n) is 2.55. The van der Waals surface area contributed by atoms with Crippen LogP contribution in [0, 0.1) is 0 Å². The summed E-state index contributed by atoms with van der Waals surface area (Å²) in [6.07, 6.45) is 3.96. The minimum Gasteiger partial charge on any atom is -0.382 e. The third-order valence-corrected chi connectivity index (χ3v) is 3.39. The van der Waals surface area contributed by atoms with Crippen molar-refractivity contribution in [3.05, 3.63) is 0 Å². The topological polar surface area (TPSA) is 53.7 Å². The van der Waals surface area contributed by atoms with Crippen LogP contribution in [0.25, 0.3) is 0 Å². The highest BCUT2D eigenvalue weighted by Gasteiger charge is 2.58. The van der Waals surface area contributed by atoms with Crippen molar-refractivity contribution in [2.24, 2.45) is 5.73 Å². The number of hydrogen-bond acceptors (Lipinski definition) is 4. The number of rotatable bonds is 4. The predicted molar refractivity (Wildman–Crippen MR) is 51.9 cm³/mol. The number of methoxy groups -OCH3 is 1. The Morgan fingerprint density at radius 3 is 2.93 bits per heavy atom. The van der Waals surface area contributed by atoms with E-state index in [0.29, 0.717) is 13.2 Å². The normalized spacial score (nSPS) is 41.6. The number of nitrogens with two attached hydrogens (primary N) is 1. The van der Waals surface area contributed by atoms with Crippen molar-refractivity contribution in [2.75, 3.05) is 26.9 Å². The molecule has 0 aromatic carbocycles. The second kappa shape index (κ2) is 3.77. The molecule has 0 spiro atoms. The van der Waals surface area contributed by atoms with E-state index < -0.39 is 5.79 Å². The van der Waals surface area contributed by atoms with Gasteiger partial charge in [0.15, 0.2) is 5.79 Å². The second-order valence-corrected chi connectivity index (χ2v) is 4.20. The summed E-state index contributed by atoms with van der Waals surface area (Å²) >= 11 is 0. The molecule has 82 valence electrons. The van der Waals surface area contributed by atoms with Crippen molar-refractivity contribution in [1.29, 1.82) is 0 Å². The zero-order valence-corrected chi connectivity index (χ0v) is 8.75. The molecule has 1 aliphatic heterocycles. The molecule has 2 rings (SSSR count). The van der Waals surface area contributed by atoms with Gasteiger partial charge in [-0.05, 0) is 19.3 Å². The second-order valence-electron chi connectivity index (χ2n) is 4.20. The molecule has 14 heavy (non-hydrogen) atoms. The maximum absolute atomic E-state index is 6.29. The summed E-state index contributed by atoms with van der Waals surface area (Å²) in [5.74, 6) is -0.508. The molecule has 4 nitrogen and oxygen atoms in total. The third-order valence-electron chi connectivity index (χ3n) is 3.39. The Bertz CT molecular complexity index is 198. The molecule has 2 atom stereocenters. The molecule has 0 radical (unpaired) electrons. The molecule has 0 amide bonds. The van der Waals surface area contributed by atoms with Crippen LogP contribution >= 0.6 is 0 Å². The van der Waals surface area contributed by atoms with E-state index in [9.17, 15) is 0 Å². The molecule has 2 N–H and O–H groups in total. The fraction of sp³-hybridized carbons (Fsp3) is 1.00. The van der Waals surface area contributed by atoms with Crippen LogP contribution in [0.4, 0.5) is 0 Å². The highest BCUT2D eigenvalue weighted by atomic mass is 16.7. The Hall–Kier alpha value is -0.160. The van der Waals surface area contributed by atoms with Gasteiger partial charge in [0.25, 0.3) is 0 Å². The summed E-state index contributed by atoms with van der Waals surface area (Å²) < 4.78 is 16.5. The summed E-state index contributed by atoms with van der Waals surface area (Å²) in [6.45, 7) is 1.89. The van der Waals surface area contributed by atoms with E-state index in [4.69, 9.17) is 19.9 Å².